The predicted molar refractivity (Wildman–Crippen MR) is 125 cm³/mol. The van der Waals surface area contributed by atoms with Gasteiger partial charge in [-0.05, 0) is 55.3 Å². The summed E-state index contributed by atoms with van der Waals surface area (Å²) in [5.41, 5.74) is 9.83. The van der Waals surface area contributed by atoms with Gasteiger partial charge < -0.3 is 15.2 Å². The number of carbonyl (C=O) groups excluding carboxylic acids is 1. The number of carbonyl (C=O) groups is 1. The summed E-state index contributed by atoms with van der Waals surface area (Å²) in [4.78, 5) is 26.3. The standard InChI is InChI=1S/C26H30N4O3/c1-5-26(4,27)21-13-29-23(33-17-7-8-17)20-12-28-16(11-19(20)21)10-15-6-9-18-22(30-15)25(2,3)14-32-24(18)31/h6,9,11-13,17H,5,7-8,10,14,27H2,1-4H3/t26-/m1/s1. The van der Waals surface area contributed by atoms with E-state index in [0.29, 0.717) is 24.5 Å². The third-order valence-corrected chi connectivity index (χ3v) is 6.68. The highest BCUT2D eigenvalue weighted by molar-refractivity contribution is 5.92. The molecule has 1 saturated carbocycles. The van der Waals surface area contributed by atoms with Gasteiger partial charge in [0, 0.05) is 41.2 Å². The summed E-state index contributed by atoms with van der Waals surface area (Å²) in [5, 5.41) is 1.90. The van der Waals surface area contributed by atoms with Crippen LogP contribution in [0.5, 0.6) is 5.88 Å². The van der Waals surface area contributed by atoms with Gasteiger partial charge in [0.1, 0.15) is 12.7 Å². The van der Waals surface area contributed by atoms with Crippen molar-refractivity contribution in [1.82, 2.24) is 15.0 Å². The van der Waals surface area contributed by atoms with E-state index in [1.165, 1.54) is 0 Å². The Balaban J connectivity index is 1.55. The number of hydrogen-bond acceptors (Lipinski definition) is 7. The Bertz CT molecular complexity index is 1250. The summed E-state index contributed by atoms with van der Waals surface area (Å²) in [6, 6.07) is 5.77. The average Bonchev–Trinajstić information content (AvgIpc) is 3.61. The van der Waals surface area contributed by atoms with Crippen molar-refractivity contribution in [3.05, 3.63) is 58.8 Å². The van der Waals surface area contributed by atoms with Crippen molar-refractivity contribution in [2.45, 2.75) is 70.4 Å². The van der Waals surface area contributed by atoms with Gasteiger partial charge in [0.15, 0.2) is 0 Å². The van der Waals surface area contributed by atoms with Crippen LogP contribution in [0.2, 0.25) is 0 Å². The summed E-state index contributed by atoms with van der Waals surface area (Å²) in [6.07, 6.45) is 7.38. The predicted octanol–water partition coefficient (Wildman–Crippen LogP) is 4.19. The van der Waals surface area contributed by atoms with E-state index >= 15 is 0 Å². The Morgan fingerprint density at radius 3 is 2.70 bits per heavy atom. The molecule has 5 rings (SSSR count). The summed E-state index contributed by atoms with van der Waals surface area (Å²) >= 11 is 0. The molecule has 172 valence electrons. The highest BCUT2D eigenvalue weighted by Crippen LogP contribution is 2.36. The molecule has 2 aliphatic rings. The lowest BCUT2D eigenvalue weighted by Crippen LogP contribution is -2.35. The van der Waals surface area contributed by atoms with Crippen LogP contribution in [0.4, 0.5) is 0 Å². The number of esters is 1. The van der Waals surface area contributed by atoms with Crippen molar-refractivity contribution in [2.24, 2.45) is 5.73 Å². The minimum atomic E-state index is -0.517. The molecule has 0 saturated heterocycles. The van der Waals surface area contributed by atoms with E-state index in [0.717, 1.165) is 52.7 Å². The van der Waals surface area contributed by atoms with E-state index in [1.54, 1.807) is 0 Å². The normalized spacial score (nSPS) is 19.0. The third kappa shape index (κ3) is 4.06. The molecule has 3 aromatic rings. The molecule has 0 aromatic carbocycles. The van der Waals surface area contributed by atoms with Gasteiger partial charge in [0.2, 0.25) is 5.88 Å². The molecule has 7 nitrogen and oxygen atoms in total. The number of hydrogen-bond donors (Lipinski definition) is 1. The van der Waals surface area contributed by atoms with Crippen molar-refractivity contribution in [1.29, 1.82) is 0 Å². The third-order valence-electron chi connectivity index (χ3n) is 6.68. The van der Waals surface area contributed by atoms with Crippen LogP contribution >= 0.6 is 0 Å². The van der Waals surface area contributed by atoms with Crippen molar-refractivity contribution in [2.75, 3.05) is 6.61 Å². The first kappa shape index (κ1) is 21.8. The zero-order valence-electron chi connectivity index (χ0n) is 19.6. The van der Waals surface area contributed by atoms with Crippen LogP contribution in [0, 0.1) is 0 Å². The molecular formula is C26H30N4O3. The van der Waals surface area contributed by atoms with Crippen LogP contribution in [0.1, 0.15) is 80.0 Å². The summed E-state index contributed by atoms with van der Waals surface area (Å²) in [6.45, 7) is 8.51. The molecule has 7 heteroatoms. The fourth-order valence-corrected chi connectivity index (χ4v) is 4.19. The van der Waals surface area contributed by atoms with Gasteiger partial charge in [-0.3, -0.25) is 9.97 Å². The highest BCUT2D eigenvalue weighted by atomic mass is 16.5. The zero-order valence-corrected chi connectivity index (χ0v) is 19.6. The Kier molecular flexibility index (Phi) is 5.12. The maximum absolute atomic E-state index is 12.2. The summed E-state index contributed by atoms with van der Waals surface area (Å²) in [5.74, 6) is 0.309. The number of ether oxygens (including phenoxy) is 2. The molecule has 0 amide bonds. The molecule has 0 bridgehead atoms. The van der Waals surface area contributed by atoms with Crippen LogP contribution in [-0.2, 0) is 22.1 Å². The van der Waals surface area contributed by atoms with Crippen LogP contribution in [0.3, 0.4) is 0 Å². The quantitative estimate of drug-likeness (QED) is 0.567. The first-order valence-corrected chi connectivity index (χ1v) is 11.6. The molecule has 1 fully saturated rings. The van der Waals surface area contributed by atoms with Gasteiger partial charge in [0.25, 0.3) is 0 Å². The molecule has 2 N–H and O–H groups in total. The van der Waals surface area contributed by atoms with Gasteiger partial charge >= 0.3 is 5.97 Å². The molecule has 1 aliphatic carbocycles. The number of fused-ring (bicyclic) bond motifs is 2. The zero-order chi connectivity index (χ0) is 23.4. The number of nitrogens with zero attached hydrogens (tertiary/aromatic N) is 3. The Morgan fingerprint density at radius 2 is 1.97 bits per heavy atom. The second-order valence-corrected chi connectivity index (χ2v) is 10.1. The van der Waals surface area contributed by atoms with Crippen LogP contribution < -0.4 is 10.5 Å². The summed E-state index contributed by atoms with van der Waals surface area (Å²) in [7, 11) is 0. The van der Waals surface area contributed by atoms with E-state index < -0.39 is 5.54 Å². The largest absolute Gasteiger partial charge is 0.474 e. The maximum atomic E-state index is 12.2. The molecular weight excluding hydrogens is 416 g/mol. The van der Waals surface area contributed by atoms with Crippen LogP contribution in [-0.4, -0.2) is 33.6 Å². The first-order valence-electron chi connectivity index (χ1n) is 11.6. The van der Waals surface area contributed by atoms with E-state index in [4.69, 9.17) is 25.2 Å². The van der Waals surface area contributed by atoms with Crippen LogP contribution in [0.25, 0.3) is 10.8 Å². The number of nitrogens with two attached hydrogens (primary N) is 1. The lowest BCUT2D eigenvalue weighted by molar-refractivity contribution is 0.0366. The lowest BCUT2D eigenvalue weighted by atomic mass is 9.84. The van der Waals surface area contributed by atoms with E-state index in [2.05, 4.69) is 18.0 Å². The van der Waals surface area contributed by atoms with E-state index in [9.17, 15) is 4.79 Å². The van der Waals surface area contributed by atoms with Crippen LogP contribution in [0.15, 0.2) is 30.6 Å². The Hall–Kier alpha value is -3.06. The molecule has 1 atom stereocenters. The number of cyclic esters (lactones) is 1. The van der Waals surface area contributed by atoms with E-state index in [1.807, 2.05) is 45.3 Å². The average molecular weight is 447 g/mol. The van der Waals surface area contributed by atoms with Crippen molar-refractivity contribution in [3.63, 3.8) is 0 Å². The second kappa shape index (κ2) is 7.76. The fraction of sp³-hybridized carbons (Fsp3) is 0.462. The molecule has 0 radical (unpaired) electrons. The summed E-state index contributed by atoms with van der Waals surface area (Å²) < 4.78 is 11.3. The molecule has 0 spiro atoms. The Morgan fingerprint density at radius 1 is 1.18 bits per heavy atom. The SMILES string of the molecule is CC[C@@](C)(N)c1cnc(OC2CC2)c2cnc(Cc3ccc4c(n3)C(C)(C)COC4=O)cc12. The monoisotopic (exact) mass is 446 g/mol. The molecule has 0 unspecified atom stereocenters. The molecule has 4 heterocycles. The number of aromatic nitrogens is 3. The minimum Gasteiger partial charge on any atom is -0.474 e. The van der Waals surface area contributed by atoms with Gasteiger partial charge in [-0.1, -0.05) is 20.8 Å². The van der Waals surface area contributed by atoms with Gasteiger partial charge in [-0.25, -0.2) is 9.78 Å². The fourth-order valence-electron chi connectivity index (χ4n) is 4.19. The molecule has 1 aliphatic heterocycles. The van der Waals surface area contributed by atoms with Gasteiger partial charge in [-0.2, -0.15) is 0 Å². The lowest BCUT2D eigenvalue weighted by Gasteiger charge is -2.30. The molecule has 33 heavy (non-hydrogen) atoms. The van der Waals surface area contributed by atoms with E-state index in [-0.39, 0.29) is 17.5 Å². The molecule has 3 aromatic heterocycles. The first-order chi connectivity index (χ1) is 15.7. The van der Waals surface area contributed by atoms with Gasteiger partial charge in [-0.15, -0.1) is 0 Å². The van der Waals surface area contributed by atoms with Crippen molar-refractivity contribution >= 4 is 16.7 Å². The highest BCUT2D eigenvalue weighted by Gasteiger charge is 2.35. The number of pyridine rings is 3. The maximum Gasteiger partial charge on any atom is 0.340 e. The minimum absolute atomic E-state index is 0.247. The van der Waals surface area contributed by atoms with Gasteiger partial charge in [0.05, 0.1) is 16.6 Å². The topological polar surface area (TPSA) is 100 Å². The van der Waals surface area contributed by atoms with Crippen molar-refractivity contribution in [3.8, 4) is 5.88 Å². The second-order valence-electron chi connectivity index (χ2n) is 10.1. The number of rotatable bonds is 6. The smallest absolute Gasteiger partial charge is 0.340 e. The van der Waals surface area contributed by atoms with Crippen molar-refractivity contribution < 1.29 is 14.3 Å². The Labute approximate surface area is 193 Å².